The number of urea groups is 1. The molecule has 54 heavy (non-hydrogen) atoms. The number of carbonyl (C=O) groups is 2. The molecule has 3 amide bonds. The largest absolute Gasteiger partial charge is 0.421 e. The van der Waals surface area contributed by atoms with E-state index in [9.17, 15) is 31.2 Å². The van der Waals surface area contributed by atoms with Gasteiger partial charge in [0, 0.05) is 81.3 Å². The van der Waals surface area contributed by atoms with Gasteiger partial charge in [0.05, 0.1) is 12.8 Å². The average Bonchev–Trinajstić information content (AvgIpc) is 3.13. The van der Waals surface area contributed by atoms with E-state index in [1.807, 2.05) is 36.4 Å². The van der Waals surface area contributed by atoms with Crippen LogP contribution in [0.3, 0.4) is 0 Å². The van der Waals surface area contributed by atoms with Crippen molar-refractivity contribution in [2.24, 2.45) is 0 Å². The van der Waals surface area contributed by atoms with Crippen molar-refractivity contribution < 1.29 is 31.2 Å². The fraction of sp³-hybridized carbons (Fsp3) is 0.371. The highest BCUT2D eigenvalue weighted by atomic mass is 32.2. The van der Waals surface area contributed by atoms with Crippen LogP contribution in [0.25, 0.3) is 0 Å². The molecular weight excluding hydrogens is 728 g/mol. The quantitative estimate of drug-likeness (QED) is 0.184. The van der Waals surface area contributed by atoms with E-state index in [0.717, 1.165) is 53.4 Å². The first-order chi connectivity index (χ1) is 25.7. The van der Waals surface area contributed by atoms with E-state index < -0.39 is 33.6 Å². The Bertz CT molecular complexity index is 2100. The predicted molar refractivity (Wildman–Crippen MR) is 198 cm³/mol. The maximum atomic E-state index is 13.9. The zero-order valence-electron chi connectivity index (χ0n) is 29.8. The summed E-state index contributed by atoms with van der Waals surface area (Å²) in [6, 6.07) is 15.2. The fourth-order valence-electron chi connectivity index (χ4n) is 6.36. The van der Waals surface area contributed by atoms with Gasteiger partial charge < -0.3 is 15.5 Å². The molecule has 6 rings (SSSR count). The number of hydrogen-bond donors (Lipinski definition) is 3. The van der Waals surface area contributed by atoms with Gasteiger partial charge in [-0.2, -0.15) is 18.2 Å². The second kappa shape index (κ2) is 15.8. The Morgan fingerprint density at radius 1 is 0.963 bits per heavy atom. The van der Waals surface area contributed by atoms with Crippen molar-refractivity contribution in [2.75, 3.05) is 64.7 Å². The number of piperidine rings is 1. The predicted octanol–water partition coefficient (Wildman–Crippen LogP) is 4.58. The summed E-state index contributed by atoms with van der Waals surface area (Å²) < 4.78 is 66.7. The smallest absolute Gasteiger partial charge is 0.371 e. The highest BCUT2D eigenvalue weighted by Gasteiger charge is 2.35. The first-order valence-corrected chi connectivity index (χ1v) is 18.9. The summed E-state index contributed by atoms with van der Waals surface area (Å²) in [6.07, 6.45) is 1.63. The minimum atomic E-state index is -4.76. The highest BCUT2D eigenvalue weighted by Crippen LogP contribution is 2.35. The van der Waals surface area contributed by atoms with Crippen molar-refractivity contribution >= 4 is 56.6 Å². The van der Waals surface area contributed by atoms with Crippen LogP contribution < -0.4 is 30.1 Å². The number of halogens is 3. The van der Waals surface area contributed by atoms with E-state index >= 15 is 0 Å². The molecular formula is C35H40F3N11O4S. The van der Waals surface area contributed by atoms with Crippen molar-refractivity contribution in [1.29, 1.82) is 0 Å². The molecule has 0 radical (unpaired) electrons. The monoisotopic (exact) mass is 767 g/mol. The van der Waals surface area contributed by atoms with E-state index in [4.69, 9.17) is 0 Å². The molecule has 4 heterocycles. The van der Waals surface area contributed by atoms with E-state index in [2.05, 4.69) is 52.7 Å². The number of amides is 3. The third-order valence-corrected chi connectivity index (χ3v) is 10.5. The Morgan fingerprint density at radius 2 is 1.69 bits per heavy atom. The number of rotatable bonds is 12. The van der Waals surface area contributed by atoms with Gasteiger partial charge in [-0.3, -0.25) is 29.2 Å². The summed E-state index contributed by atoms with van der Waals surface area (Å²) >= 11 is 0. The SMILES string of the molecule is CN(Cc1cccc(N2CCC(=O)NC2=O)c1)C1CCN(c2ccc(Nc3ncc(C(F)(F)F)c(NCc4nccnc4N(C)S(C)(=O)=O)n3)cc2)CC1. The first kappa shape index (κ1) is 38.2. The van der Waals surface area contributed by atoms with Crippen LogP contribution in [0.2, 0.25) is 0 Å². The standard InChI is InChI=1S/C35H40F3N11O4S/c1-46(22-23-5-4-6-27(19-23)49-18-13-30(50)44-34(49)51)25-11-16-48(17-12-25)26-9-7-24(8-10-26)43-33-42-20-28(35(36,37)38)31(45-33)41-21-29-32(40-15-14-39-29)47(2)54(3,52)53/h4-10,14-15,19-20,25H,11-13,16-18,21-22H2,1-3H3,(H,44,50,51)(H2,41,42,43,45). The van der Waals surface area contributed by atoms with Crippen LogP contribution >= 0.6 is 0 Å². The lowest BCUT2D eigenvalue weighted by molar-refractivity contribution is -0.137. The molecule has 3 N–H and O–H groups in total. The third-order valence-electron chi connectivity index (χ3n) is 9.35. The van der Waals surface area contributed by atoms with E-state index in [1.165, 1.54) is 19.4 Å². The molecule has 0 unspecified atom stereocenters. The molecule has 2 aromatic heterocycles. The van der Waals surface area contributed by atoms with Crippen LogP contribution in [0.4, 0.5) is 52.6 Å². The van der Waals surface area contributed by atoms with Crippen LogP contribution in [-0.2, 0) is 34.1 Å². The molecule has 0 atom stereocenters. The zero-order valence-corrected chi connectivity index (χ0v) is 30.7. The van der Waals surface area contributed by atoms with E-state index in [-0.39, 0.29) is 36.3 Å². The van der Waals surface area contributed by atoms with Gasteiger partial charge in [0.1, 0.15) is 17.1 Å². The highest BCUT2D eigenvalue weighted by molar-refractivity contribution is 7.92. The van der Waals surface area contributed by atoms with Crippen molar-refractivity contribution in [3.63, 3.8) is 0 Å². The van der Waals surface area contributed by atoms with Gasteiger partial charge in [-0.25, -0.2) is 23.2 Å². The van der Waals surface area contributed by atoms with Crippen LogP contribution in [-0.4, -0.2) is 91.2 Å². The second-order valence-corrected chi connectivity index (χ2v) is 15.1. The fourth-order valence-corrected chi connectivity index (χ4v) is 6.82. The Hall–Kier alpha value is -5.56. The van der Waals surface area contributed by atoms with Crippen LogP contribution in [0.15, 0.2) is 67.1 Å². The normalized spacial score (nSPS) is 15.7. The van der Waals surface area contributed by atoms with Crippen molar-refractivity contribution in [2.45, 2.75) is 44.6 Å². The number of nitrogens with zero attached hydrogens (tertiary/aromatic N) is 8. The number of imide groups is 1. The van der Waals surface area contributed by atoms with Crippen molar-refractivity contribution in [1.82, 2.24) is 30.2 Å². The number of sulfonamides is 1. The molecule has 0 spiro atoms. The number of alkyl halides is 3. The molecule has 4 aromatic rings. The summed E-state index contributed by atoms with van der Waals surface area (Å²) in [5.41, 5.74) is 2.41. The lowest BCUT2D eigenvalue weighted by Crippen LogP contribution is -2.49. The summed E-state index contributed by atoms with van der Waals surface area (Å²) in [5.74, 6) is -0.882. The average molecular weight is 768 g/mol. The summed E-state index contributed by atoms with van der Waals surface area (Å²) in [6.45, 7) is 2.42. The van der Waals surface area contributed by atoms with Crippen molar-refractivity contribution in [3.05, 3.63) is 83.9 Å². The van der Waals surface area contributed by atoms with Crippen molar-refractivity contribution in [3.8, 4) is 0 Å². The Labute approximate surface area is 310 Å². The van der Waals surface area contributed by atoms with Gasteiger partial charge in [0.25, 0.3) is 0 Å². The third kappa shape index (κ3) is 9.14. The molecule has 286 valence electrons. The second-order valence-electron chi connectivity index (χ2n) is 13.1. The first-order valence-electron chi connectivity index (χ1n) is 17.1. The topological polar surface area (TPSA) is 169 Å². The van der Waals surface area contributed by atoms with Gasteiger partial charge in [0.15, 0.2) is 5.82 Å². The summed E-state index contributed by atoms with van der Waals surface area (Å²) in [5, 5.41) is 7.96. The molecule has 2 fully saturated rings. The van der Waals surface area contributed by atoms with Gasteiger partial charge in [-0.1, -0.05) is 12.1 Å². The molecule has 2 aliphatic rings. The van der Waals surface area contributed by atoms with Gasteiger partial charge in [-0.05, 0) is 61.9 Å². The Kier molecular flexibility index (Phi) is 11.2. The number of anilines is 6. The molecule has 0 saturated carbocycles. The molecule has 0 bridgehead atoms. The maximum absolute atomic E-state index is 13.9. The molecule has 2 saturated heterocycles. The minimum absolute atomic E-state index is 0.0300. The Morgan fingerprint density at radius 3 is 2.37 bits per heavy atom. The van der Waals surface area contributed by atoms with Crippen LogP contribution in [0.5, 0.6) is 0 Å². The molecule has 2 aliphatic heterocycles. The van der Waals surface area contributed by atoms with Gasteiger partial charge >= 0.3 is 12.2 Å². The van der Waals surface area contributed by atoms with Crippen LogP contribution in [0.1, 0.15) is 36.1 Å². The number of hydrogen-bond acceptors (Lipinski definition) is 12. The number of nitrogens with one attached hydrogen (secondary N) is 3. The molecule has 19 heteroatoms. The summed E-state index contributed by atoms with van der Waals surface area (Å²) in [7, 11) is -0.335. The maximum Gasteiger partial charge on any atom is 0.421 e. The molecule has 0 aliphatic carbocycles. The van der Waals surface area contributed by atoms with E-state index in [0.29, 0.717) is 31.0 Å². The number of carbonyl (C=O) groups excluding carboxylic acids is 2. The number of benzene rings is 2. The molecule has 15 nitrogen and oxygen atoms in total. The Balaban J connectivity index is 1.05. The zero-order chi connectivity index (χ0) is 38.6. The molecule has 2 aromatic carbocycles. The summed E-state index contributed by atoms with van der Waals surface area (Å²) in [4.78, 5) is 46.2. The minimum Gasteiger partial charge on any atom is -0.371 e. The lowest BCUT2D eigenvalue weighted by Gasteiger charge is -2.38. The lowest BCUT2D eigenvalue weighted by atomic mass is 10.0. The van der Waals surface area contributed by atoms with Gasteiger partial charge in [0.2, 0.25) is 21.9 Å². The van der Waals surface area contributed by atoms with E-state index in [1.54, 1.807) is 17.0 Å². The number of aromatic nitrogens is 4. The van der Waals surface area contributed by atoms with Gasteiger partial charge in [-0.15, -0.1) is 0 Å². The van der Waals surface area contributed by atoms with Crippen LogP contribution in [0, 0.1) is 0 Å².